The fourth-order valence-electron chi connectivity index (χ4n) is 1.79. The van der Waals surface area contributed by atoms with E-state index in [1.165, 1.54) is 18.1 Å². The molecule has 1 aromatic carbocycles. The van der Waals surface area contributed by atoms with Gasteiger partial charge in [0.2, 0.25) is 0 Å². The lowest BCUT2D eigenvalue weighted by Gasteiger charge is -2.08. The summed E-state index contributed by atoms with van der Waals surface area (Å²) >= 11 is 0. The van der Waals surface area contributed by atoms with Gasteiger partial charge >= 0.3 is 5.97 Å². The normalized spacial score (nSPS) is 9.60. The highest BCUT2D eigenvalue weighted by molar-refractivity contribution is 5.65. The standard InChI is InChI=1S/C14H16N2O2.C2H6/c1-11-4-3-5-13(6-11)8-16-10-15-7-14(16)9-18-12(2)17;1-2/h3-7,10H,8-9H2,1-2H3;1-2H3. The Morgan fingerprint density at radius 2 is 2.10 bits per heavy atom. The maximum Gasteiger partial charge on any atom is 0.303 e. The molecule has 0 aliphatic carbocycles. The molecule has 0 aliphatic heterocycles. The molecule has 0 amide bonds. The number of nitrogens with zero attached hydrogens (tertiary/aromatic N) is 2. The van der Waals surface area contributed by atoms with E-state index in [1.54, 1.807) is 12.5 Å². The summed E-state index contributed by atoms with van der Waals surface area (Å²) in [4.78, 5) is 14.9. The van der Waals surface area contributed by atoms with Crippen molar-refractivity contribution in [3.63, 3.8) is 0 Å². The highest BCUT2D eigenvalue weighted by Crippen LogP contribution is 2.09. The zero-order valence-corrected chi connectivity index (χ0v) is 12.6. The molecule has 0 N–H and O–H groups in total. The summed E-state index contributed by atoms with van der Waals surface area (Å²) in [6.07, 6.45) is 3.47. The summed E-state index contributed by atoms with van der Waals surface area (Å²) in [5, 5.41) is 0. The average molecular weight is 274 g/mol. The van der Waals surface area contributed by atoms with Gasteiger partial charge in [-0.3, -0.25) is 4.79 Å². The third-order valence-corrected chi connectivity index (χ3v) is 2.66. The molecule has 0 radical (unpaired) electrons. The Kier molecular flexibility index (Phi) is 6.50. The van der Waals surface area contributed by atoms with E-state index in [9.17, 15) is 4.79 Å². The van der Waals surface area contributed by atoms with Crippen molar-refractivity contribution >= 4 is 5.97 Å². The predicted molar refractivity (Wildman–Crippen MR) is 79.3 cm³/mol. The number of esters is 1. The fourth-order valence-corrected chi connectivity index (χ4v) is 1.79. The van der Waals surface area contributed by atoms with Gasteiger partial charge in [-0.2, -0.15) is 0 Å². The molecule has 0 saturated carbocycles. The second-order valence-corrected chi connectivity index (χ2v) is 4.28. The fraction of sp³-hybridized carbons (Fsp3) is 0.375. The number of imidazole rings is 1. The van der Waals surface area contributed by atoms with Crippen LogP contribution in [-0.2, 0) is 22.7 Å². The van der Waals surface area contributed by atoms with Crippen molar-refractivity contribution in [2.45, 2.75) is 40.8 Å². The molecule has 4 heteroatoms. The number of carbonyl (C=O) groups is 1. The van der Waals surface area contributed by atoms with Gasteiger partial charge in [-0.25, -0.2) is 4.98 Å². The van der Waals surface area contributed by atoms with Gasteiger partial charge in [-0.05, 0) is 12.5 Å². The minimum absolute atomic E-state index is 0.265. The molecule has 0 saturated heterocycles. The van der Waals surface area contributed by atoms with E-state index in [-0.39, 0.29) is 12.6 Å². The Bertz CT molecular complexity index is 547. The lowest BCUT2D eigenvalue weighted by Crippen LogP contribution is -2.07. The highest BCUT2D eigenvalue weighted by Gasteiger charge is 2.04. The topological polar surface area (TPSA) is 44.1 Å². The molecular weight excluding hydrogens is 252 g/mol. The zero-order valence-electron chi connectivity index (χ0n) is 12.6. The van der Waals surface area contributed by atoms with Crippen LogP contribution in [-0.4, -0.2) is 15.5 Å². The van der Waals surface area contributed by atoms with E-state index in [0.717, 1.165) is 12.2 Å². The van der Waals surface area contributed by atoms with Crippen LogP contribution in [0.4, 0.5) is 0 Å². The molecule has 1 aromatic heterocycles. The van der Waals surface area contributed by atoms with E-state index in [1.807, 2.05) is 24.5 Å². The van der Waals surface area contributed by atoms with E-state index in [0.29, 0.717) is 0 Å². The Labute approximate surface area is 120 Å². The van der Waals surface area contributed by atoms with Crippen LogP contribution in [0.15, 0.2) is 36.8 Å². The highest BCUT2D eigenvalue weighted by atomic mass is 16.5. The first-order chi connectivity index (χ1) is 9.65. The minimum Gasteiger partial charge on any atom is -0.459 e. The lowest BCUT2D eigenvalue weighted by atomic mass is 10.1. The molecule has 0 bridgehead atoms. The first-order valence-corrected chi connectivity index (χ1v) is 6.83. The summed E-state index contributed by atoms with van der Waals surface area (Å²) < 4.78 is 6.97. The van der Waals surface area contributed by atoms with E-state index >= 15 is 0 Å². The average Bonchev–Trinajstić information content (AvgIpc) is 2.86. The predicted octanol–water partition coefficient (Wildman–Crippen LogP) is 3.33. The van der Waals surface area contributed by atoms with Crippen LogP contribution in [0.2, 0.25) is 0 Å². The molecular formula is C16H22N2O2. The molecule has 2 aromatic rings. The summed E-state index contributed by atoms with van der Waals surface area (Å²) in [5.74, 6) is -0.279. The van der Waals surface area contributed by atoms with Gasteiger partial charge in [0.1, 0.15) is 6.61 Å². The monoisotopic (exact) mass is 274 g/mol. The summed E-state index contributed by atoms with van der Waals surface area (Å²) in [5.41, 5.74) is 3.33. The van der Waals surface area contributed by atoms with Gasteiger partial charge in [0, 0.05) is 13.5 Å². The smallest absolute Gasteiger partial charge is 0.303 e. The molecule has 1 heterocycles. The Balaban J connectivity index is 0.000000956. The Morgan fingerprint density at radius 3 is 2.75 bits per heavy atom. The SMILES string of the molecule is CC.CC(=O)OCc1cncn1Cc1cccc(C)c1. The number of carbonyl (C=O) groups excluding carboxylic acids is 1. The Morgan fingerprint density at radius 1 is 1.35 bits per heavy atom. The van der Waals surface area contributed by atoms with Crippen LogP contribution in [0.3, 0.4) is 0 Å². The number of ether oxygens (including phenoxy) is 1. The van der Waals surface area contributed by atoms with Crippen LogP contribution in [0.1, 0.15) is 37.6 Å². The second kappa shape index (κ2) is 8.15. The molecule has 0 atom stereocenters. The van der Waals surface area contributed by atoms with Crippen molar-refractivity contribution in [1.82, 2.24) is 9.55 Å². The molecule has 0 unspecified atom stereocenters. The summed E-state index contributed by atoms with van der Waals surface area (Å²) in [6, 6.07) is 8.31. The minimum atomic E-state index is -0.279. The van der Waals surface area contributed by atoms with Crippen molar-refractivity contribution in [3.05, 3.63) is 53.6 Å². The van der Waals surface area contributed by atoms with Gasteiger partial charge in [0.25, 0.3) is 0 Å². The van der Waals surface area contributed by atoms with Crippen LogP contribution in [0.25, 0.3) is 0 Å². The summed E-state index contributed by atoms with van der Waals surface area (Å²) in [6.45, 7) is 8.47. The van der Waals surface area contributed by atoms with Crippen LogP contribution in [0.5, 0.6) is 0 Å². The molecule has 20 heavy (non-hydrogen) atoms. The van der Waals surface area contributed by atoms with E-state index in [4.69, 9.17) is 4.74 Å². The second-order valence-electron chi connectivity index (χ2n) is 4.28. The number of hydrogen-bond acceptors (Lipinski definition) is 3. The van der Waals surface area contributed by atoms with E-state index in [2.05, 4.69) is 30.1 Å². The third-order valence-electron chi connectivity index (χ3n) is 2.66. The van der Waals surface area contributed by atoms with Crippen LogP contribution in [0, 0.1) is 6.92 Å². The quantitative estimate of drug-likeness (QED) is 0.803. The molecule has 0 spiro atoms. The van der Waals surface area contributed by atoms with Gasteiger partial charge < -0.3 is 9.30 Å². The maximum absolute atomic E-state index is 10.8. The summed E-state index contributed by atoms with van der Waals surface area (Å²) in [7, 11) is 0. The Hall–Kier alpha value is -2.10. The molecule has 4 nitrogen and oxygen atoms in total. The zero-order chi connectivity index (χ0) is 15.0. The van der Waals surface area contributed by atoms with E-state index < -0.39 is 0 Å². The first kappa shape index (κ1) is 16.0. The van der Waals surface area contributed by atoms with Crippen LogP contribution < -0.4 is 0 Å². The van der Waals surface area contributed by atoms with Crippen molar-refractivity contribution in [2.75, 3.05) is 0 Å². The third kappa shape index (κ3) is 4.88. The first-order valence-electron chi connectivity index (χ1n) is 6.83. The van der Waals surface area contributed by atoms with Crippen LogP contribution >= 0.6 is 0 Å². The van der Waals surface area contributed by atoms with Gasteiger partial charge in [-0.15, -0.1) is 0 Å². The number of benzene rings is 1. The number of rotatable bonds is 4. The van der Waals surface area contributed by atoms with Crippen molar-refractivity contribution in [1.29, 1.82) is 0 Å². The molecule has 0 fully saturated rings. The number of aromatic nitrogens is 2. The van der Waals surface area contributed by atoms with Gasteiger partial charge in [-0.1, -0.05) is 43.7 Å². The molecule has 2 rings (SSSR count). The lowest BCUT2D eigenvalue weighted by molar-refractivity contribution is -0.142. The van der Waals surface area contributed by atoms with Gasteiger partial charge in [0.15, 0.2) is 0 Å². The molecule has 0 aliphatic rings. The largest absolute Gasteiger partial charge is 0.459 e. The van der Waals surface area contributed by atoms with Crippen molar-refractivity contribution in [2.24, 2.45) is 0 Å². The van der Waals surface area contributed by atoms with Crippen molar-refractivity contribution in [3.8, 4) is 0 Å². The number of aryl methyl sites for hydroxylation is 1. The van der Waals surface area contributed by atoms with Gasteiger partial charge in [0.05, 0.1) is 18.2 Å². The number of hydrogen-bond donors (Lipinski definition) is 0. The maximum atomic E-state index is 10.8. The van der Waals surface area contributed by atoms with Crippen molar-refractivity contribution < 1.29 is 9.53 Å². The molecule has 108 valence electrons.